The van der Waals surface area contributed by atoms with Crippen molar-refractivity contribution >= 4 is 17.6 Å². The van der Waals surface area contributed by atoms with Crippen molar-refractivity contribution in [1.29, 1.82) is 0 Å². The zero-order valence-corrected chi connectivity index (χ0v) is 11.0. The normalized spacial score (nSPS) is 11.1. The van der Waals surface area contributed by atoms with Gasteiger partial charge >= 0.3 is 5.97 Å². The summed E-state index contributed by atoms with van der Waals surface area (Å²) in [6, 6.07) is 7.50. The highest BCUT2D eigenvalue weighted by Gasteiger charge is 2.25. The Hall–Kier alpha value is -1.84. The highest BCUT2D eigenvalue weighted by Crippen LogP contribution is 2.26. The van der Waals surface area contributed by atoms with E-state index in [1.807, 2.05) is 31.2 Å². The highest BCUT2D eigenvalue weighted by atomic mass is 16.4. The molecule has 0 heterocycles. The minimum Gasteiger partial charge on any atom is -0.481 e. The van der Waals surface area contributed by atoms with E-state index in [0.29, 0.717) is 0 Å². The Morgan fingerprint density at radius 3 is 2.39 bits per heavy atom. The van der Waals surface area contributed by atoms with Crippen LogP contribution in [0.5, 0.6) is 0 Å². The second kappa shape index (κ2) is 5.67. The molecule has 0 unspecified atom stereocenters. The fraction of sp³-hybridized carbons (Fsp3) is 0.429. The third-order valence-corrected chi connectivity index (χ3v) is 2.69. The Kier molecular flexibility index (Phi) is 4.48. The van der Waals surface area contributed by atoms with Gasteiger partial charge in [0.05, 0.1) is 6.42 Å². The lowest BCUT2D eigenvalue weighted by Gasteiger charge is -2.21. The Morgan fingerprint density at radius 2 is 1.83 bits per heavy atom. The first kappa shape index (κ1) is 14.2. The molecule has 4 heteroatoms. The number of carboxylic acids is 1. The molecule has 0 aromatic heterocycles. The zero-order valence-electron chi connectivity index (χ0n) is 11.0. The van der Waals surface area contributed by atoms with Gasteiger partial charge < -0.3 is 10.4 Å². The van der Waals surface area contributed by atoms with Crippen molar-refractivity contribution in [1.82, 2.24) is 0 Å². The van der Waals surface area contributed by atoms with E-state index in [1.165, 1.54) is 0 Å². The van der Waals surface area contributed by atoms with Gasteiger partial charge in [-0.1, -0.05) is 32.0 Å². The number of carboxylic acid groups (broad SMARTS) is 1. The SMILES string of the molecule is Cc1ccccc1NC(=O)CC(C)(C)CC(=O)O. The number of amides is 1. The standard InChI is InChI=1S/C14H19NO3/c1-10-6-4-5-7-11(10)15-12(16)8-14(2,3)9-13(17)18/h4-7H,8-9H2,1-3H3,(H,15,16)(H,17,18). The van der Waals surface area contributed by atoms with Crippen molar-refractivity contribution < 1.29 is 14.7 Å². The Bertz CT molecular complexity index is 452. The molecule has 1 aromatic rings. The number of para-hydroxylation sites is 1. The van der Waals surface area contributed by atoms with Crippen LogP contribution in [0.25, 0.3) is 0 Å². The number of aryl methyl sites for hydroxylation is 1. The minimum absolute atomic E-state index is 0.0197. The van der Waals surface area contributed by atoms with Crippen molar-refractivity contribution in [2.24, 2.45) is 5.41 Å². The van der Waals surface area contributed by atoms with Gasteiger partial charge in [0.15, 0.2) is 0 Å². The van der Waals surface area contributed by atoms with Gasteiger partial charge in [0.25, 0.3) is 0 Å². The number of benzene rings is 1. The zero-order chi connectivity index (χ0) is 13.8. The average Bonchev–Trinajstić information content (AvgIpc) is 2.18. The number of anilines is 1. The van der Waals surface area contributed by atoms with Gasteiger partial charge in [0, 0.05) is 12.1 Å². The van der Waals surface area contributed by atoms with Crippen LogP contribution < -0.4 is 5.32 Å². The summed E-state index contributed by atoms with van der Waals surface area (Å²) in [5, 5.41) is 11.6. The highest BCUT2D eigenvalue weighted by molar-refractivity contribution is 5.92. The topological polar surface area (TPSA) is 66.4 Å². The summed E-state index contributed by atoms with van der Waals surface area (Å²) in [6.45, 7) is 5.47. The van der Waals surface area contributed by atoms with E-state index in [1.54, 1.807) is 13.8 Å². The van der Waals surface area contributed by atoms with Crippen molar-refractivity contribution in [3.05, 3.63) is 29.8 Å². The average molecular weight is 249 g/mol. The molecule has 1 amide bonds. The lowest BCUT2D eigenvalue weighted by Crippen LogP contribution is -2.25. The maximum Gasteiger partial charge on any atom is 0.303 e. The van der Waals surface area contributed by atoms with Crippen LogP contribution >= 0.6 is 0 Å². The molecule has 0 atom stereocenters. The largest absolute Gasteiger partial charge is 0.481 e. The summed E-state index contributed by atoms with van der Waals surface area (Å²) < 4.78 is 0. The Balaban J connectivity index is 2.62. The lowest BCUT2D eigenvalue weighted by molar-refractivity contribution is -0.139. The smallest absolute Gasteiger partial charge is 0.303 e. The molecule has 4 nitrogen and oxygen atoms in total. The number of aliphatic carboxylic acids is 1. The molecule has 0 aliphatic rings. The number of hydrogen-bond donors (Lipinski definition) is 2. The summed E-state index contributed by atoms with van der Waals surface area (Å²) in [4.78, 5) is 22.5. The van der Waals surface area contributed by atoms with E-state index < -0.39 is 11.4 Å². The second-order valence-electron chi connectivity index (χ2n) is 5.27. The fourth-order valence-electron chi connectivity index (χ4n) is 1.81. The Labute approximate surface area is 107 Å². The summed E-state index contributed by atoms with van der Waals surface area (Å²) in [5.74, 6) is -1.04. The predicted molar refractivity (Wildman–Crippen MR) is 70.5 cm³/mol. The molecule has 0 aliphatic heterocycles. The molecule has 1 aromatic carbocycles. The molecular weight excluding hydrogens is 230 g/mol. The van der Waals surface area contributed by atoms with E-state index in [2.05, 4.69) is 5.32 Å². The Morgan fingerprint density at radius 1 is 1.22 bits per heavy atom. The van der Waals surface area contributed by atoms with Crippen LogP contribution in [0, 0.1) is 12.3 Å². The number of nitrogens with one attached hydrogen (secondary N) is 1. The molecular formula is C14H19NO3. The maximum absolute atomic E-state index is 11.9. The molecule has 2 N–H and O–H groups in total. The molecule has 0 saturated carbocycles. The summed E-state index contributed by atoms with van der Waals surface area (Å²) >= 11 is 0. The molecule has 18 heavy (non-hydrogen) atoms. The van der Waals surface area contributed by atoms with Gasteiger partial charge in [-0.3, -0.25) is 9.59 Å². The van der Waals surface area contributed by atoms with Gasteiger partial charge in [-0.05, 0) is 24.0 Å². The first-order chi connectivity index (χ1) is 8.30. The number of carbonyl (C=O) groups excluding carboxylic acids is 1. The molecule has 98 valence electrons. The second-order valence-corrected chi connectivity index (χ2v) is 5.27. The third-order valence-electron chi connectivity index (χ3n) is 2.69. The summed E-state index contributed by atoms with van der Waals surface area (Å²) in [7, 11) is 0. The maximum atomic E-state index is 11.9. The van der Waals surface area contributed by atoms with E-state index >= 15 is 0 Å². The van der Waals surface area contributed by atoms with Crippen LogP contribution in [0.3, 0.4) is 0 Å². The van der Waals surface area contributed by atoms with Crippen molar-refractivity contribution in [2.45, 2.75) is 33.6 Å². The van der Waals surface area contributed by atoms with E-state index in [0.717, 1.165) is 11.3 Å². The summed E-state index contributed by atoms with van der Waals surface area (Å²) in [6.07, 6.45) is 0.168. The van der Waals surface area contributed by atoms with Gasteiger partial charge in [-0.25, -0.2) is 0 Å². The fourth-order valence-corrected chi connectivity index (χ4v) is 1.81. The van der Waals surface area contributed by atoms with Crippen molar-refractivity contribution in [3.63, 3.8) is 0 Å². The van der Waals surface area contributed by atoms with Crippen LogP contribution in [-0.4, -0.2) is 17.0 Å². The summed E-state index contributed by atoms with van der Waals surface area (Å²) in [5.41, 5.74) is 1.22. The molecule has 1 rings (SSSR count). The molecule has 0 radical (unpaired) electrons. The van der Waals surface area contributed by atoms with E-state index in [4.69, 9.17) is 5.11 Å². The molecule has 0 saturated heterocycles. The lowest BCUT2D eigenvalue weighted by atomic mass is 9.85. The van der Waals surface area contributed by atoms with E-state index in [9.17, 15) is 9.59 Å². The third kappa shape index (κ3) is 4.57. The van der Waals surface area contributed by atoms with Gasteiger partial charge in [0.2, 0.25) is 5.91 Å². The number of rotatable bonds is 5. The number of carbonyl (C=O) groups is 2. The van der Waals surface area contributed by atoms with Gasteiger partial charge in [-0.2, -0.15) is 0 Å². The minimum atomic E-state index is -0.885. The first-order valence-electron chi connectivity index (χ1n) is 5.87. The molecule has 0 spiro atoms. The molecule has 0 bridgehead atoms. The predicted octanol–water partition coefficient (Wildman–Crippen LogP) is 2.82. The van der Waals surface area contributed by atoms with Gasteiger partial charge in [-0.15, -0.1) is 0 Å². The van der Waals surface area contributed by atoms with Crippen molar-refractivity contribution in [2.75, 3.05) is 5.32 Å². The first-order valence-corrected chi connectivity index (χ1v) is 5.87. The molecule has 0 aliphatic carbocycles. The van der Waals surface area contributed by atoms with E-state index in [-0.39, 0.29) is 18.7 Å². The number of hydrogen-bond acceptors (Lipinski definition) is 2. The van der Waals surface area contributed by atoms with Crippen LogP contribution in [-0.2, 0) is 9.59 Å². The monoisotopic (exact) mass is 249 g/mol. The quantitative estimate of drug-likeness (QED) is 0.843. The van der Waals surface area contributed by atoms with Crippen LogP contribution in [0.1, 0.15) is 32.3 Å². The van der Waals surface area contributed by atoms with Crippen LogP contribution in [0.15, 0.2) is 24.3 Å². The van der Waals surface area contributed by atoms with Crippen molar-refractivity contribution in [3.8, 4) is 0 Å². The van der Waals surface area contributed by atoms with Crippen LogP contribution in [0.4, 0.5) is 5.69 Å². The van der Waals surface area contributed by atoms with Gasteiger partial charge in [0.1, 0.15) is 0 Å². The molecule has 0 fully saturated rings. The van der Waals surface area contributed by atoms with Crippen LogP contribution in [0.2, 0.25) is 0 Å².